The van der Waals surface area contributed by atoms with Gasteiger partial charge in [-0.25, -0.2) is 18.6 Å². The maximum absolute atomic E-state index is 14.1. The molecule has 17 heteroatoms. The summed E-state index contributed by atoms with van der Waals surface area (Å²) in [7, 11) is 2.09. The van der Waals surface area contributed by atoms with E-state index in [0.29, 0.717) is 36.9 Å². The lowest BCUT2D eigenvalue weighted by molar-refractivity contribution is -0.274. The molecule has 2 aromatic rings. The van der Waals surface area contributed by atoms with E-state index in [9.17, 15) is 31.5 Å². The second kappa shape index (κ2) is 14.8. The largest absolute Gasteiger partial charge is 0.573 e. The Bertz CT molecular complexity index is 1600. The third kappa shape index (κ3) is 8.46. The number of benzene rings is 1. The quantitative estimate of drug-likeness (QED) is 0.246. The Kier molecular flexibility index (Phi) is 10.6. The molecule has 51 heavy (non-hydrogen) atoms. The highest BCUT2D eigenvalue weighted by Gasteiger charge is 2.42. The molecule has 1 saturated carbocycles. The van der Waals surface area contributed by atoms with Gasteiger partial charge in [0.25, 0.3) is 0 Å². The fourth-order valence-electron chi connectivity index (χ4n) is 7.35. The van der Waals surface area contributed by atoms with Crippen LogP contribution in [-0.4, -0.2) is 114 Å². The third-order valence-corrected chi connectivity index (χ3v) is 10.2. The number of alkyl halides is 5. The van der Waals surface area contributed by atoms with Crippen LogP contribution in [0.3, 0.4) is 0 Å². The fraction of sp³-hybridized carbons (Fsp3) is 0.588. The summed E-state index contributed by atoms with van der Waals surface area (Å²) in [6.45, 7) is 10.8. The Morgan fingerprint density at radius 1 is 1.04 bits per heavy atom. The molecule has 0 unspecified atom stereocenters. The number of carbonyl (C=O) groups excluding carboxylic acids is 2. The maximum atomic E-state index is 14.1. The SMILES string of the molecule is C=CC(=O)Nc1cc(Nc2ncc3c(n2)N(C2CCC(F)(F)CC2)C(=O)N(CC)C3)c(OC(F)(F)F)cc1N1CCC(N2CCN(C)CC2)CC1. The van der Waals surface area contributed by atoms with Gasteiger partial charge in [-0.2, -0.15) is 4.98 Å². The highest BCUT2D eigenvalue weighted by molar-refractivity contribution is 6.02. The topological polar surface area (TPSA) is 109 Å². The van der Waals surface area contributed by atoms with Crippen molar-refractivity contribution in [2.24, 2.45) is 0 Å². The molecule has 2 saturated heterocycles. The number of amides is 3. The van der Waals surface area contributed by atoms with Crippen LogP contribution < -0.4 is 25.2 Å². The van der Waals surface area contributed by atoms with E-state index >= 15 is 0 Å². The lowest BCUT2D eigenvalue weighted by atomic mass is 9.90. The van der Waals surface area contributed by atoms with Crippen LogP contribution in [0.15, 0.2) is 31.0 Å². The number of rotatable bonds is 9. The van der Waals surface area contributed by atoms with E-state index in [2.05, 4.69) is 48.8 Å². The van der Waals surface area contributed by atoms with Crippen LogP contribution in [0.25, 0.3) is 0 Å². The number of hydrogen-bond donors (Lipinski definition) is 2. The number of ether oxygens (including phenoxy) is 1. The molecule has 4 heterocycles. The molecule has 1 aromatic heterocycles. The van der Waals surface area contributed by atoms with E-state index < -0.39 is 30.0 Å². The van der Waals surface area contributed by atoms with E-state index in [1.54, 1.807) is 11.8 Å². The summed E-state index contributed by atoms with van der Waals surface area (Å²) >= 11 is 0. The second-order valence-electron chi connectivity index (χ2n) is 13.6. The molecule has 0 spiro atoms. The minimum Gasteiger partial charge on any atom is -0.403 e. The summed E-state index contributed by atoms with van der Waals surface area (Å²) in [6.07, 6.45) is -1.57. The van der Waals surface area contributed by atoms with Crippen molar-refractivity contribution >= 4 is 40.8 Å². The van der Waals surface area contributed by atoms with E-state index in [0.717, 1.165) is 45.1 Å². The Morgan fingerprint density at radius 3 is 2.35 bits per heavy atom. The first kappa shape index (κ1) is 36.5. The van der Waals surface area contributed by atoms with Gasteiger partial charge in [-0.15, -0.1) is 13.2 Å². The van der Waals surface area contributed by atoms with Crippen molar-refractivity contribution in [3.63, 3.8) is 0 Å². The molecule has 0 radical (unpaired) electrons. The van der Waals surface area contributed by atoms with Gasteiger partial charge in [0.2, 0.25) is 17.8 Å². The van der Waals surface area contributed by atoms with E-state index in [1.807, 2.05) is 4.90 Å². The minimum absolute atomic E-state index is 0.0620. The highest BCUT2D eigenvalue weighted by atomic mass is 19.4. The predicted octanol–water partition coefficient (Wildman–Crippen LogP) is 5.80. The first-order valence-electron chi connectivity index (χ1n) is 17.4. The zero-order valence-corrected chi connectivity index (χ0v) is 28.8. The number of nitrogens with zero attached hydrogens (tertiary/aromatic N) is 7. The van der Waals surface area contributed by atoms with Crippen LogP contribution in [0.5, 0.6) is 5.75 Å². The maximum Gasteiger partial charge on any atom is 0.573 e. The van der Waals surface area contributed by atoms with Crippen LogP contribution in [0.2, 0.25) is 0 Å². The van der Waals surface area contributed by atoms with Crippen molar-refractivity contribution < 1.29 is 36.3 Å². The Morgan fingerprint density at radius 2 is 1.73 bits per heavy atom. The number of halogens is 5. The van der Waals surface area contributed by atoms with Gasteiger partial charge in [-0.1, -0.05) is 6.58 Å². The molecule has 2 N–H and O–H groups in total. The number of anilines is 5. The lowest BCUT2D eigenvalue weighted by Gasteiger charge is -2.43. The molecule has 4 aliphatic rings. The summed E-state index contributed by atoms with van der Waals surface area (Å²) in [5, 5.41) is 5.54. The molecular formula is C34H44F5N9O3. The monoisotopic (exact) mass is 721 g/mol. The number of piperidine rings is 1. The molecule has 6 rings (SSSR count). The average Bonchev–Trinajstić information content (AvgIpc) is 3.09. The number of aromatic nitrogens is 2. The fourth-order valence-corrected chi connectivity index (χ4v) is 7.35. The molecule has 3 amide bonds. The molecule has 1 aromatic carbocycles. The molecular weight excluding hydrogens is 677 g/mol. The van der Waals surface area contributed by atoms with E-state index in [-0.39, 0.29) is 61.4 Å². The van der Waals surface area contributed by atoms with Gasteiger partial charge in [0.15, 0.2) is 5.75 Å². The third-order valence-electron chi connectivity index (χ3n) is 10.2. The van der Waals surface area contributed by atoms with Gasteiger partial charge >= 0.3 is 12.4 Å². The number of piperazine rings is 1. The van der Waals surface area contributed by atoms with Crippen molar-refractivity contribution in [1.82, 2.24) is 24.7 Å². The number of likely N-dealkylation sites (N-methyl/N-ethyl adjacent to an activating group) is 1. The highest BCUT2D eigenvalue weighted by Crippen LogP contribution is 2.43. The van der Waals surface area contributed by atoms with E-state index in [1.165, 1.54) is 23.2 Å². The average molecular weight is 722 g/mol. The van der Waals surface area contributed by atoms with Crippen molar-refractivity contribution in [3.05, 3.63) is 36.5 Å². The lowest BCUT2D eigenvalue weighted by Crippen LogP contribution is -2.53. The second-order valence-corrected chi connectivity index (χ2v) is 13.6. The van der Waals surface area contributed by atoms with Crippen LogP contribution in [0.1, 0.15) is 51.0 Å². The number of urea groups is 1. The Hall–Kier alpha value is -4.25. The van der Waals surface area contributed by atoms with Gasteiger partial charge in [0, 0.05) is 88.6 Å². The van der Waals surface area contributed by atoms with Crippen LogP contribution in [-0.2, 0) is 11.3 Å². The normalized spacial score (nSPS) is 21.0. The van der Waals surface area contributed by atoms with Crippen LogP contribution in [0, 0.1) is 0 Å². The van der Waals surface area contributed by atoms with Gasteiger partial charge in [0.1, 0.15) is 5.82 Å². The molecule has 3 aliphatic heterocycles. The summed E-state index contributed by atoms with van der Waals surface area (Å²) in [5.74, 6) is -3.89. The predicted molar refractivity (Wildman–Crippen MR) is 183 cm³/mol. The standard InChI is InChI=1S/C34H44F5N9O3/c1-4-29(49)41-25-18-26(28(51-34(37,38)39)19-27(25)47-12-8-23(9-13-47)46-16-14-44(3)15-17-46)42-31-40-20-22-21-45(5-2)32(50)48(30(22)43-31)24-6-10-33(35,36)11-7-24/h4,18-20,23-24H,1,5-17,21H2,2-3H3,(H,41,49)(H,40,42,43). The number of fused-ring (bicyclic) bond motifs is 1. The molecule has 0 atom stereocenters. The molecule has 1 aliphatic carbocycles. The molecule has 0 bridgehead atoms. The summed E-state index contributed by atoms with van der Waals surface area (Å²) in [6, 6.07) is 1.98. The van der Waals surface area contributed by atoms with Crippen LogP contribution in [0.4, 0.5) is 55.6 Å². The zero-order valence-electron chi connectivity index (χ0n) is 28.8. The van der Waals surface area contributed by atoms with Crippen molar-refractivity contribution in [2.75, 3.05) is 73.3 Å². The zero-order chi connectivity index (χ0) is 36.5. The number of hydrogen-bond acceptors (Lipinski definition) is 9. The van der Waals surface area contributed by atoms with Gasteiger partial charge in [0.05, 0.1) is 23.6 Å². The number of carbonyl (C=O) groups is 2. The van der Waals surface area contributed by atoms with Crippen molar-refractivity contribution in [2.45, 2.75) is 76.4 Å². The minimum atomic E-state index is -5.05. The summed E-state index contributed by atoms with van der Waals surface area (Å²) < 4.78 is 74.1. The van der Waals surface area contributed by atoms with Crippen molar-refractivity contribution in [1.29, 1.82) is 0 Å². The van der Waals surface area contributed by atoms with Crippen molar-refractivity contribution in [3.8, 4) is 5.75 Å². The number of nitrogens with one attached hydrogen (secondary N) is 2. The summed E-state index contributed by atoms with van der Waals surface area (Å²) in [5.41, 5.74) is 0.958. The smallest absolute Gasteiger partial charge is 0.403 e. The molecule has 12 nitrogen and oxygen atoms in total. The summed E-state index contributed by atoms with van der Waals surface area (Å²) in [4.78, 5) is 44.6. The Labute approximate surface area is 293 Å². The Balaban J connectivity index is 1.31. The van der Waals surface area contributed by atoms with Crippen LogP contribution >= 0.6 is 0 Å². The van der Waals surface area contributed by atoms with Gasteiger partial charge < -0.3 is 30.1 Å². The first-order chi connectivity index (χ1) is 24.2. The van der Waals surface area contributed by atoms with Gasteiger partial charge in [-0.05, 0) is 51.8 Å². The first-order valence-corrected chi connectivity index (χ1v) is 17.4. The molecule has 3 fully saturated rings. The van der Waals surface area contributed by atoms with Gasteiger partial charge in [-0.3, -0.25) is 14.6 Å². The van der Waals surface area contributed by atoms with E-state index in [4.69, 9.17) is 0 Å². The molecule has 278 valence electrons.